The predicted molar refractivity (Wildman–Crippen MR) is 109 cm³/mol. The SMILES string of the molecule is CCCCOc1ccc(C(=O)Nc2ccc(OC)c(S(=O)(=O)N(C)C)c2)cc1. The quantitative estimate of drug-likeness (QED) is 0.646. The summed E-state index contributed by atoms with van der Waals surface area (Å²) < 4.78 is 36.8. The molecule has 8 heteroatoms. The normalized spacial score (nSPS) is 11.3. The van der Waals surface area contributed by atoms with Crippen LogP contribution in [0, 0.1) is 0 Å². The van der Waals surface area contributed by atoms with E-state index in [0.29, 0.717) is 23.6 Å². The van der Waals surface area contributed by atoms with E-state index in [-0.39, 0.29) is 16.6 Å². The molecule has 1 amide bonds. The van der Waals surface area contributed by atoms with E-state index in [4.69, 9.17) is 9.47 Å². The number of methoxy groups -OCH3 is 1. The third-order valence-electron chi connectivity index (χ3n) is 4.06. The van der Waals surface area contributed by atoms with Crippen LogP contribution in [0.2, 0.25) is 0 Å². The van der Waals surface area contributed by atoms with Crippen LogP contribution in [0.1, 0.15) is 30.1 Å². The molecule has 0 saturated carbocycles. The Bertz CT molecular complexity index is 909. The number of ether oxygens (including phenoxy) is 2. The Morgan fingerprint density at radius 2 is 1.79 bits per heavy atom. The van der Waals surface area contributed by atoms with Gasteiger partial charge in [0.15, 0.2) is 0 Å². The van der Waals surface area contributed by atoms with Crippen molar-refractivity contribution in [3.63, 3.8) is 0 Å². The molecule has 0 aliphatic rings. The molecule has 0 aromatic heterocycles. The molecule has 0 unspecified atom stereocenters. The summed E-state index contributed by atoms with van der Waals surface area (Å²) in [6.07, 6.45) is 2.02. The number of carbonyl (C=O) groups excluding carboxylic acids is 1. The van der Waals surface area contributed by atoms with E-state index in [1.807, 2.05) is 0 Å². The monoisotopic (exact) mass is 406 g/mol. The van der Waals surface area contributed by atoms with E-state index < -0.39 is 10.0 Å². The average Bonchev–Trinajstić information content (AvgIpc) is 2.68. The summed E-state index contributed by atoms with van der Waals surface area (Å²) in [6.45, 7) is 2.72. The van der Waals surface area contributed by atoms with Crippen LogP contribution in [0.3, 0.4) is 0 Å². The maximum absolute atomic E-state index is 12.5. The molecule has 1 N–H and O–H groups in total. The van der Waals surface area contributed by atoms with E-state index in [1.165, 1.54) is 33.3 Å². The highest BCUT2D eigenvalue weighted by Gasteiger charge is 2.23. The summed E-state index contributed by atoms with van der Waals surface area (Å²) in [7, 11) is 0.546. The second-order valence-corrected chi connectivity index (χ2v) is 8.45. The van der Waals surface area contributed by atoms with Crippen LogP contribution in [0.25, 0.3) is 0 Å². The lowest BCUT2D eigenvalue weighted by Crippen LogP contribution is -2.23. The molecule has 2 aromatic rings. The zero-order valence-electron chi connectivity index (χ0n) is 16.6. The Morgan fingerprint density at radius 3 is 2.36 bits per heavy atom. The van der Waals surface area contributed by atoms with Crippen LogP contribution in [0.5, 0.6) is 11.5 Å². The second kappa shape index (κ2) is 9.57. The van der Waals surface area contributed by atoms with E-state index in [1.54, 1.807) is 30.3 Å². The van der Waals surface area contributed by atoms with Crippen molar-refractivity contribution in [3.8, 4) is 11.5 Å². The summed E-state index contributed by atoms with van der Waals surface area (Å²) in [4.78, 5) is 12.5. The minimum atomic E-state index is -3.72. The van der Waals surface area contributed by atoms with Crippen molar-refractivity contribution >= 4 is 21.6 Å². The molecule has 0 radical (unpaired) electrons. The van der Waals surface area contributed by atoms with E-state index in [0.717, 1.165) is 17.1 Å². The number of benzene rings is 2. The van der Waals surface area contributed by atoms with Crippen LogP contribution in [0.4, 0.5) is 5.69 Å². The standard InChI is InChI=1S/C20H26N2O5S/c1-5-6-13-27-17-10-7-15(8-11-17)20(23)21-16-9-12-18(26-4)19(14-16)28(24,25)22(2)3/h7-12,14H,5-6,13H2,1-4H3,(H,21,23). The number of nitrogens with one attached hydrogen (secondary N) is 1. The first kappa shape index (κ1) is 21.7. The van der Waals surface area contributed by atoms with Crippen LogP contribution in [-0.2, 0) is 10.0 Å². The molecule has 0 atom stereocenters. The average molecular weight is 407 g/mol. The van der Waals surface area contributed by atoms with Crippen LogP contribution < -0.4 is 14.8 Å². The van der Waals surface area contributed by atoms with Gasteiger partial charge in [-0.25, -0.2) is 12.7 Å². The van der Waals surface area contributed by atoms with Gasteiger partial charge in [0, 0.05) is 25.3 Å². The number of sulfonamides is 1. The van der Waals surface area contributed by atoms with Gasteiger partial charge in [-0.15, -0.1) is 0 Å². The number of carbonyl (C=O) groups is 1. The van der Waals surface area contributed by atoms with Gasteiger partial charge in [-0.2, -0.15) is 0 Å². The number of anilines is 1. The first-order valence-electron chi connectivity index (χ1n) is 8.94. The lowest BCUT2D eigenvalue weighted by atomic mass is 10.2. The molecule has 0 spiro atoms. The Balaban J connectivity index is 2.18. The molecule has 7 nitrogen and oxygen atoms in total. The van der Waals surface area contributed by atoms with E-state index in [9.17, 15) is 13.2 Å². The predicted octanol–water partition coefficient (Wildman–Crippen LogP) is 3.38. The molecule has 0 aliphatic heterocycles. The number of hydrogen-bond acceptors (Lipinski definition) is 5. The highest BCUT2D eigenvalue weighted by molar-refractivity contribution is 7.89. The molecule has 2 rings (SSSR count). The summed E-state index contributed by atoms with van der Waals surface area (Å²) >= 11 is 0. The maximum Gasteiger partial charge on any atom is 0.255 e. The Morgan fingerprint density at radius 1 is 1.11 bits per heavy atom. The highest BCUT2D eigenvalue weighted by Crippen LogP contribution is 2.29. The third kappa shape index (κ3) is 5.24. The van der Waals surface area contributed by atoms with Gasteiger partial charge in [0.2, 0.25) is 10.0 Å². The van der Waals surface area contributed by atoms with Crippen molar-refractivity contribution in [3.05, 3.63) is 48.0 Å². The van der Waals surface area contributed by atoms with Crippen molar-refractivity contribution < 1.29 is 22.7 Å². The number of rotatable bonds is 9. The van der Waals surface area contributed by atoms with Crippen LogP contribution in [-0.4, -0.2) is 46.4 Å². The van der Waals surface area contributed by atoms with Gasteiger partial charge >= 0.3 is 0 Å². The van der Waals surface area contributed by atoms with E-state index >= 15 is 0 Å². The summed E-state index contributed by atoms with van der Waals surface area (Å²) in [6, 6.07) is 11.3. The van der Waals surface area contributed by atoms with Crippen LogP contribution >= 0.6 is 0 Å². The smallest absolute Gasteiger partial charge is 0.255 e. The van der Waals surface area contributed by atoms with Crippen LogP contribution in [0.15, 0.2) is 47.4 Å². The first-order chi connectivity index (χ1) is 13.3. The highest BCUT2D eigenvalue weighted by atomic mass is 32.2. The lowest BCUT2D eigenvalue weighted by Gasteiger charge is -2.16. The molecular weight excluding hydrogens is 380 g/mol. The van der Waals surface area contributed by atoms with Gasteiger partial charge in [0.05, 0.1) is 13.7 Å². The van der Waals surface area contributed by atoms with Gasteiger partial charge in [0.25, 0.3) is 5.91 Å². The number of nitrogens with zero attached hydrogens (tertiary/aromatic N) is 1. The third-order valence-corrected chi connectivity index (χ3v) is 5.90. The Kier molecular flexibility index (Phi) is 7.42. The Labute approximate surface area is 166 Å². The van der Waals surface area contributed by atoms with Gasteiger partial charge < -0.3 is 14.8 Å². The number of unbranched alkanes of at least 4 members (excludes halogenated alkanes) is 1. The molecule has 0 bridgehead atoms. The topological polar surface area (TPSA) is 84.9 Å². The molecule has 28 heavy (non-hydrogen) atoms. The number of hydrogen-bond donors (Lipinski definition) is 1. The van der Waals surface area contributed by atoms with Crippen molar-refractivity contribution in [1.29, 1.82) is 0 Å². The van der Waals surface area contributed by atoms with Crippen molar-refractivity contribution in [2.45, 2.75) is 24.7 Å². The summed E-state index contributed by atoms with van der Waals surface area (Å²) in [5, 5.41) is 2.71. The van der Waals surface area contributed by atoms with Crippen molar-refractivity contribution in [2.75, 3.05) is 33.1 Å². The summed E-state index contributed by atoms with van der Waals surface area (Å²) in [5.74, 6) is 0.563. The molecule has 2 aromatic carbocycles. The molecule has 0 heterocycles. The minimum absolute atomic E-state index is 0.0162. The van der Waals surface area contributed by atoms with Crippen molar-refractivity contribution in [1.82, 2.24) is 4.31 Å². The molecule has 0 aliphatic carbocycles. The van der Waals surface area contributed by atoms with E-state index in [2.05, 4.69) is 12.2 Å². The fourth-order valence-electron chi connectivity index (χ4n) is 2.39. The van der Waals surface area contributed by atoms with Gasteiger partial charge in [-0.3, -0.25) is 4.79 Å². The zero-order valence-corrected chi connectivity index (χ0v) is 17.4. The molecule has 0 fully saturated rings. The molecule has 152 valence electrons. The first-order valence-corrected chi connectivity index (χ1v) is 10.4. The number of amides is 1. The fraction of sp³-hybridized carbons (Fsp3) is 0.350. The largest absolute Gasteiger partial charge is 0.495 e. The van der Waals surface area contributed by atoms with Gasteiger partial charge in [0.1, 0.15) is 16.4 Å². The lowest BCUT2D eigenvalue weighted by molar-refractivity contribution is 0.102. The summed E-state index contributed by atoms with van der Waals surface area (Å²) in [5.41, 5.74) is 0.796. The van der Waals surface area contributed by atoms with Gasteiger partial charge in [-0.05, 0) is 48.9 Å². The minimum Gasteiger partial charge on any atom is -0.495 e. The van der Waals surface area contributed by atoms with Crippen molar-refractivity contribution in [2.24, 2.45) is 0 Å². The Hall–Kier alpha value is -2.58. The molecule has 0 saturated heterocycles. The van der Waals surface area contributed by atoms with Gasteiger partial charge in [-0.1, -0.05) is 13.3 Å². The zero-order chi connectivity index (χ0) is 20.7. The maximum atomic E-state index is 12.5. The molecular formula is C20H26N2O5S. The second-order valence-electron chi connectivity index (χ2n) is 6.33. The fourth-order valence-corrected chi connectivity index (χ4v) is 3.47.